The van der Waals surface area contributed by atoms with E-state index in [1.807, 2.05) is 19.0 Å². The van der Waals surface area contributed by atoms with Crippen LogP contribution in [0.15, 0.2) is 0 Å². The first-order valence-electron chi connectivity index (χ1n) is 7.58. The molecule has 1 aliphatic heterocycles. The van der Waals surface area contributed by atoms with Crippen LogP contribution >= 0.6 is 0 Å². The fourth-order valence-corrected chi connectivity index (χ4v) is 2.64. The van der Waals surface area contributed by atoms with E-state index in [1.54, 1.807) is 0 Å². The highest BCUT2D eigenvalue weighted by atomic mass is 16.5. The molecule has 6 nitrogen and oxygen atoms in total. The minimum absolute atomic E-state index is 0.0117. The van der Waals surface area contributed by atoms with Crippen molar-refractivity contribution in [2.24, 2.45) is 5.92 Å². The highest BCUT2D eigenvalue weighted by Crippen LogP contribution is 2.16. The van der Waals surface area contributed by atoms with Crippen LogP contribution in [0.25, 0.3) is 0 Å². The number of nitrogens with zero attached hydrogens (tertiary/aromatic N) is 2. The number of hydrogen-bond acceptors (Lipinski definition) is 4. The highest BCUT2D eigenvalue weighted by molar-refractivity contribution is 5.88. The Hall–Kier alpha value is -1.14. The van der Waals surface area contributed by atoms with Crippen molar-refractivity contribution in [2.45, 2.75) is 38.8 Å². The van der Waals surface area contributed by atoms with Gasteiger partial charge in [-0.25, -0.2) is 0 Å². The first kappa shape index (κ1) is 17.9. The van der Waals surface area contributed by atoms with Crippen molar-refractivity contribution >= 4 is 11.8 Å². The number of carbonyl (C=O) groups is 2. The Morgan fingerprint density at radius 1 is 1.38 bits per heavy atom. The maximum atomic E-state index is 12.6. The molecule has 1 N–H and O–H groups in total. The molecule has 1 saturated heterocycles. The largest absolute Gasteiger partial charge is 0.375 e. The number of methoxy groups -OCH3 is 1. The lowest BCUT2D eigenvalue weighted by Gasteiger charge is -2.26. The number of likely N-dealkylation sites (tertiary alicyclic amines) is 1. The summed E-state index contributed by atoms with van der Waals surface area (Å²) in [4.78, 5) is 28.4. The number of hydrogen-bond donors (Lipinski definition) is 1. The number of nitrogens with one attached hydrogen (secondary N) is 1. The summed E-state index contributed by atoms with van der Waals surface area (Å²) in [5, 5.41) is 2.80. The second-order valence-electron chi connectivity index (χ2n) is 6.37. The number of carbonyl (C=O) groups excluding carboxylic acids is 2. The molecule has 21 heavy (non-hydrogen) atoms. The van der Waals surface area contributed by atoms with Gasteiger partial charge in [0.2, 0.25) is 11.8 Å². The summed E-state index contributed by atoms with van der Waals surface area (Å²) in [5.74, 6) is 0.131. The molecule has 6 heteroatoms. The standard InChI is InChI=1S/C15H29N3O3/c1-11(2)8-13(16-14(19)10-21-5)15(20)18-7-6-12(9-18)17(3)4/h11-13H,6-10H2,1-5H3,(H,16,19)/t12-,13+/m1/s1. The van der Waals surface area contributed by atoms with E-state index in [-0.39, 0.29) is 18.4 Å². The molecule has 1 rings (SSSR count). The van der Waals surface area contributed by atoms with Gasteiger partial charge in [0, 0.05) is 26.2 Å². The van der Waals surface area contributed by atoms with Gasteiger partial charge < -0.3 is 19.9 Å². The molecular formula is C15H29N3O3. The van der Waals surface area contributed by atoms with Gasteiger partial charge in [-0.3, -0.25) is 9.59 Å². The van der Waals surface area contributed by atoms with Crippen molar-refractivity contribution in [1.29, 1.82) is 0 Å². The Balaban J connectivity index is 2.65. The maximum Gasteiger partial charge on any atom is 0.246 e. The van der Waals surface area contributed by atoms with E-state index >= 15 is 0 Å². The van der Waals surface area contributed by atoms with Crippen molar-refractivity contribution in [3.63, 3.8) is 0 Å². The average molecular weight is 299 g/mol. The third-order valence-corrected chi connectivity index (χ3v) is 3.82. The molecule has 1 aliphatic rings. The number of likely N-dealkylation sites (N-methyl/N-ethyl adjacent to an activating group) is 1. The Bertz CT molecular complexity index is 358. The molecule has 0 spiro atoms. The van der Waals surface area contributed by atoms with E-state index in [0.717, 1.165) is 19.5 Å². The van der Waals surface area contributed by atoms with E-state index < -0.39 is 6.04 Å². The third-order valence-electron chi connectivity index (χ3n) is 3.82. The van der Waals surface area contributed by atoms with Gasteiger partial charge in [-0.15, -0.1) is 0 Å². The van der Waals surface area contributed by atoms with Crippen molar-refractivity contribution in [1.82, 2.24) is 15.1 Å². The number of ether oxygens (including phenoxy) is 1. The van der Waals surface area contributed by atoms with Crippen molar-refractivity contribution < 1.29 is 14.3 Å². The lowest BCUT2D eigenvalue weighted by atomic mass is 10.0. The molecular weight excluding hydrogens is 270 g/mol. The molecule has 0 unspecified atom stereocenters. The van der Waals surface area contributed by atoms with Crippen LogP contribution in [0.1, 0.15) is 26.7 Å². The Morgan fingerprint density at radius 3 is 2.52 bits per heavy atom. The lowest BCUT2D eigenvalue weighted by Crippen LogP contribution is -2.49. The monoisotopic (exact) mass is 299 g/mol. The maximum absolute atomic E-state index is 12.6. The van der Waals surface area contributed by atoms with Gasteiger partial charge in [-0.1, -0.05) is 13.8 Å². The van der Waals surface area contributed by atoms with Gasteiger partial charge in [-0.2, -0.15) is 0 Å². The Labute approximate surface area is 127 Å². The second kappa shape index (κ2) is 8.34. The molecule has 1 heterocycles. The summed E-state index contributed by atoms with van der Waals surface area (Å²) in [7, 11) is 5.54. The average Bonchev–Trinajstić information content (AvgIpc) is 2.86. The molecule has 122 valence electrons. The van der Waals surface area contributed by atoms with Crippen molar-refractivity contribution in [3.8, 4) is 0 Å². The van der Waals surface area contributed by atoms with Crippen LogP contribution in [0.4, 0.5) is 0 Å². The SMILES string of the molecule is COCC(=O)N[C@@H](CC(C)C)C(=O)N1CC[C@@H](N(C)C)C1. The van der Waals surface area contributed by atoms with Gasteiger partial charge >= 0.3 is 0 Å². The van der Waals surface area contributed by atoms with Gasteiger partial charge in [0.25, 0.3) is 0 Å². The lowest BCUT2D eigenvalue weighted by molar-refractivity contribution is -0.137. The zero-order valence-electron chi connectivity index (χ0n) is 13.9. The normalized spacial score (nSPS) is 20.1. The molecule has 0 aliphatic carbocycles. The Kier molecular flexibility index (Phi) is 7.11. The van der Waals surface area contributed by atoms with Crippen LogP contribution in [0.5, 0.6) is 0 Å². The van der Waals surface area contributed by atoms with Crippen LogP contribution in [0.2, 0.25) is 0 Å². The smallest absolute Gasteiger partial charge is 0.246 e. The van der Waals surface area contributed by atoms with E-state index in [9.17, 15) is 9.59 Å². The van der Waals surface area contributed by atoms with E-state index in [4.69, 9.17) is 4.74 Å². The molecule has 0 saturated carbocycles. The molecule has 0 aromatic carbocycles. The zero-order valence-corrected chi connectivity index (χ0v) is 13.9. The van der Waals surface area contributed by atoms with Crippen LogP contribution < -0.4 is 5.32 Å². The highest BCUT2D eigenvalue weighted by Gasteiger charge is 2.32. The molecule has 0 bridgehead atoms. The summed E-state index contributed by atoms with van der Waals surface area (Å²) in [6.45, 7) is 5.59. The fourth-order valence-electron chi connectivity index (χ4n) is 2.64. The van der Waals surface area contributed by atoms with Gasteiger partial charge in [0.05, 0.1) is 0 Å². The third kappa shape index (κ3) is 5.63. The van der Waals surface area contributed by atoms with E-state index in [2.05, 4.69) is 24.1 Å². The number of rotatable bonds is 7. The van der Waals surface area contributed by atoms with Gasteiger partial charge in [-0.05, 0) is 32.9 Å². The van der Waals surface area contributed by atoms with E-state index in [1.165, 1.54) is 7.11 Å². The Morgan fingerprint density at radius 2 is 2.05 bits per heavy atom. The van der Waals surface area contributed by atoms with Crippen molar-refractivity contribution in [2.75, 3.05) is 40.9 Å². The predicted molar refractivity (Wildman–Crippen MR) is 81.9 cm³/mol. The molecule has 0 aromatic rings. The zero-order chi connectivity index (χ0) is 16.0. The molecule has 0 radical (unpaired) electrons. The van der Waals surface area contributed by atoms with Crippen LogP contribution in [-0.4, -0.2) is 74.6 Å². The summed E-state index contributed by atoms with van der Waals surface area (Å²) in [6, 6.07) is -0.0445. The second-order valence-corrected chi connectivity index (χ2v) is 6.37. The minimum Gasteiger partial charge on any atom is -0.375 e. The van der Waals surface area contributed by atoms with Crippen LogP contribution in [0, 0.1) is 5.92 Å². The molecule has 2 amide bonds. The van der Waals surface area contributed by atoms with Crippen molar-refractivity contribution in [3.05, 3.63) is 0 Å². The predicted octanol–water partition coefficient (Wildman–Crippen LogP) is 0.326. The fraction of sp³-hybridized carbons (Fsp3) is 0.867. The molecule has 0 aromatic heterocycles. The van der Waals surface area contributed by atoms with Gasteiger partial charge in [0.15, 0.2) is 0 Å². The van der Waals surface area contributed by atoms with E-state index in [0.29, 0.717) is 18.4 Å². The number of amides is 2. The summed E-state index contributed by atoms with van der Waals surface area (Å²) < 4.78 is 4.82. The molecule has 1 fully saturated rings. The topological polar surface area (TPSA) is 61.9 Å². The summed E-state index contributed by atoms with van der Waals surface area (Å²) in [6.07, 6.45) is 1.64. The first-order chi connectivity index (χ1) is 9.85. The summed E-state index contributed by atoms with van der Waals surface area (Å²) in [5.41, 5.74) is 0. The summed E-state index contributed by atoms with van der Waals surface area (Å²) >= 11 is 0. The van der Waals surface area contributed by atoms with Gasteiger partial charge in [0.1, 0.15) is 12.6 Å². The minimum atomic E-state index is -0.450. The quantitative estimate of drug-likeness (QED) is 0.736. The molecule has 2 atom stereocenters. The van der Waals surface area contributed by atoms with Crippen LogP contribution in [0.3, 0.4) is 0 Å². The first-order valence-corrected chi connectivity index (χ1v) is 7.58. The van der Waals surface area contributed by atoms with Crippen LogP contribution in [-0.2, 0) is 14.3 Å².